The second kappa shape index (κ2) is 4.68. The quantitative estimate of drug-likeness (QED) is 0.780. The molecule has 0 saturated carbocycles. The van der Waals surface area contributed by atoms with Crippen molar-refractivity contribution in [2.75, 3.05) is 0 Å². The van der Waals surface area contributed by atoms with Crippen LogP contribution in [0.1, 0.15) is 22.8 Å². The summed E-state index contributed by atoms with van der Waals surface area (Å²) in [6.07, 6.45) is 1.73. The highest BCUT2D eigenvalue weighted by atomic mass is 19.1. The van der Waals surface area contributed by atoms with E-state index >= 15 is 0 Å². The van der Waals surface area contributed by atoms with Crippen LogP contribution in [0.25, 0.3) is 5.52 Å². The van der Waals surface area contributed by atoms with Gasteiger partial charge in [-0.25, -0.2) is 13.3 Å². The number of aliphatic hydroxyl groups is 1. The van der Waals surface area contributed by atoms with Gasteiger partial charge in [-0.05, 0) is 30.7 Å². The van der Waals surface area contributed by atoms with Gasteiger partial charge in [-0.3, -0.25) is 0 Å². The molecule has 2 aromatic heterocycles. The normalized spacial score (nSPS) is 12.8. The van der Waals surface area contributed by atoms with Crippen molar-refractivity contribution in [2.24, 2.45) is 0 Å². The summed E-state index contributed by atoms with van der Waals surface area (Å²) in [6, 6.07) is 7.79. The Morgan fingerprint density at radius 1 is 1.20 bits per heavy atom. The summed E-state index contributed by atoms with van der Waals surface area (Å²) in [5.41, 5.74) is 0.926. The molecule has 1 aromatic carbocycles. The van der Waals surface area contributed by atoms with Gasteiger partial charge in [-0.1, -0.05) is 12.1 Å². The van der Waals surface area contributed by atoms with Crippen molar-refractivity contribution in [3.05, 3.63) is 71.1 Å². The Morgan fingerprint density at radius 2 is 2.00 bits per heavy atom. The van der Waals surface area contributed by atoms with Crippen LogP contribution in [0.15, 0.2) is 42.7 Å². The molecule has 0 amide bonds. The molecule has 3 aromatic rings. The molecule has 0 spiro atoms. The van der Waals surface area contributed by atoms with E-state index in [0.29, 0.717) is 11.1 Å². The molecule has 3 rings (SSSR count). The standard InChI is InChI=1S/C15H12F2N2O/c1-9-5-6-11(16)13(14(9)17)15(20)10-8-18-19-7-3-2-4-12(10)19/h2-8,15,20H,1H3. The number of hydrogen-bond acceptors (Lipinski definition) is 2. The lowest BCUT2D eigenvalue weighted by atomic mass is 9.99. The molecule has 0 aliphatic rings. The average Bonchev–Trinajstić information content (AvgIpc) is 2.87. The van der Waals surface area contributed by atoms with Gasteiger partial charge in [-0.2, -0.15) is 5.10 Å². The molecule has 3 nitrogen and oxygen atoms in total. The predicted octanol–water partition coefficient (Wildman–Crippen LogP) is 3.00. The lowest BCUT2D eigenvalue weighted by molar-refractivity contribution is 0.210. The van der Waals surface area contributed by atoms with Crippen LogP contribution in [0.4, 0.5) is 8.78 Å². The highest BCUT2D eigenvalue weighted by Crippen LogP contribution is 2.30. The number of benzene rings is 1. The Bertz CT molecular complexity index is 783. The smallest absolute Gasteiger partial charge is 0.135 e. The summed E-state index contributed by atoms with van der Waals surface area (Å²) in [4.78, 5) is 0. The van der Waals surface area contributed by atoms with E-state index in [-0.39, 0.29) is 11.1 Å². The highest BCUT2D eigenvalue weighted by Gasteiger charge is 2.23. The fourth-order valence-electron chi connectivity index (χ4n) is 2.25. The lowest BCUT2D eigenvalue weighted by Gasteiger charge is -2.13. The molecule has 1 atom stereocenters. The van der Waals surface area contributed by atoms with Crippen LogP contribution in [0.2, 0.25) is 0 Å². The Kier molecular flexibility index (Phi) is 2.99. The summed E-state index contributed by atoms with van der Waals surface area (Å²) < 4.78 is 29.5. The SMILES string of the molecule is Cc1ccc(F)c(C(O)c2cnn3ccccc23)c1F. The number of aryl methyl sites for hydroxylation is 1. The van der Waals surface area contributed by atoms with E-state index in [1.165, 1.54) is 19.2 Å². The number of fused-ring (bicyclic) bond motifs is 1. The van der Waals surface area contributed by atoms with E-state index in [9.17, 15) is 13.9 Å². The lowest BCUT2D eigenvalue weighted by Crippen LogP contribution is -2.07. The predicted molar refractivity (Wildman–Crippen MR) is 70.3 cm³/mol. The van der Waals surface area contributed by atoms with E-state index in [2.05, 4.69) is 5.10 Å². The molecule has 0 fully saturated rings. The molecule has 1 N–H and O–H groups in total. The Balaban J connectivity index is 2.18. The summed E-state index contributed by atoms with van der Waals surface area (Å²) in [5.74, 6) is -1.50. The van der Waals surface area contributed by atoms with Gasteiger partial charge < -0.3 is 5.11 Å². The average molecular weight is 274 g/mol. The van der Waals surface area contributed by atoms with Crippen LogP contribution in [0.3, 0.4) is 0 Å². The number of rotatable bonds is 2. The first-order chi connectivity index (χ1) is 9.59. The first-order valence-electron chi connectivity index (χ1n) is 6.14. The molecule has 0 bridgehead atoms. The second-order valence-electron chi connectivity index (χ2n) is 4.62. The van der Waals surface area contributed by atoms with Gasteiger partial charge in [0, 0.05) is 11.8 Å². The van der Waals surface area contributed by atoms with Crippen molar-refractivity contribution in [2.45, 2.75) is 13.0 Å². The first-order valence-corrected chi connectivity index (χ1v) is 6.14. The number of pyridine rings is 1. The number of aromatic nitrogens is 2. The van der Waals surface area contributed by atoms with Crippen LogP contribution in [-0.2, 0) is 0 Å². The van der Waals surface area contributed by atoms with Crippen molar-refractivity contribution in [1.29, 1.82) is 0 Å². The molecule has 102 valence electrons. The van der Waals surface area contributed by atoms with E-state index in [1.807, 2.05) is 0 Å². The zero-order chi connectivity index (χ0) is 14.3. The van der Waals surface area contributed by atoms with Crippen LogP contribution < -0.4 is 0 Å². The first kappa shape index (κ1) is 12.7. The van der Waals surface area contributed by atoms with Gasteiger partial charge in [0.25, 0.3) is 0 Å². The number of aliphatic hydroxyl groups excluding tert-OH is 1. The largest absolute Gasteiger partial charge is 0.383 e. The van der Waals surface area contributed by atoms with Gasteiger partial charge in [0.15, 0.2) is 0 Å². The highest BCUT2D eigenvalue weighted by molar-refractivity contribution is 5.56. The van der Waals surface area contributed by atoms with Crippen molar-refractivity contribution >= 4 is 5.52 Å². The zero-order valence-electron chi connectivity index (χ0n) is 10.7. The maximum atomic E-state index is 14.1. The molecule has 5 heteroatoms. The third-order valence-corrected chi connectivity index (χ3v) is 3.34. The minimum Gasteiger partial charge on any atom is -0.383 e. The third kappa shape index (κ3) is 1.87. The molecule has 20 heavy (non-hydrogen) atoms. The van der Waals surface area contributed by atoms with Gasteiger partial charge in [0.2, 0.25) is 0 Å². The molecule has 0 aliphatic heterocycles. The van der Waals surface area contributed by atoms with E-state index in [1.54, 1.807) is 28.9 Å². The Labute approximate surface area is 114 Å². The van der Waals surface area contributed by atoms with Crippen LogP contribution in [0.5, 0.6) is 0 Å². The van der Waals surface area contributed by atoms with E-state index < -0.39 is 17.7 Å². The maximum Gasteiger partial charge on any atom is 0.135 e. The monoisotopic (exact) mass is 274 g/mol. The fourth-order valence-corrected chi connectivity index (χ4v) is 2.25. The Morgan fingerprint density at radius 3 is 2.80 bits per heavy atom. The van der Waals surface area contributed by atoms with Crippen LogP contribution in [-0.4, -0.2) is 14.7 Å². The van der Waals surface area contributed by atoms with Gasteiger partial charge >= 0.3 is 0 Å². The zero-order valence-corrected chi connectivity index (χ0v) is 10.7. The number of hydrogen-bond donors (Lipinski definition) is 1. The topological polar surface area (TPSA) is 37.5 Å². The van der Waals surface area contributed by atoms with Gasteiger partial charge in [-0.15, -0.1) is 0 Å². The molecule has 0 saturated heterocycles. The minimum atomic E-state index is -1.39. The van der Waals surface area contributed by atoms with Gasteiger partial charge in [0.1, 0.15) is 17.7 Å². The van der Waals surface area contributed by atoms with Crippen molar-refractivity contribution < 1.29 is 13.9 Å². The van der Waals surface area contributed by atoms with Crippen molar-refractivity contribution in [3.63, 3.8) is 0 Å². The maximum absolute atomic E-state index is 14.1. The summed E-state index contributed by atoms with van der Waals surface area (Å²) in [5, 5.41) is 14.4. The van der Waals surface area contributed by atoms with E-state index in [0.717, 1.165) is 6.07 Å². The van der Waals surface area contributed by atoms with Crippen LogP contribution >= 0.6 is 0 Å². The molecule has 2 heterocycles. The van der Waals surface area contributed by atoms with Gasteiger partial charge in [0.05, 0.1) is 17.3 Å². The molecular formula is C15H12F2N2O. The van der Waals surface area contributed by atoms with E-state index in [4.69, 9.17) is 0 Å². The third-order valence-electron chi connectivity index (χ3n) is 3.34. The summed E-state index contributed by atoms with van der Waals surface area (Å²) >= 11 is 0. The number of halogens is 2. The molecule has 0 aliphatic carbocycles. The van der Waals surface area contributed by atoms with Crippen molar-refractivity contribution in [3.8, 4) is 0 Å². The second-order valence-corrected chi connectivity index (χ2v) is 4.62. The fraction of sp³-hybridized carbons (Fsp3) is 0.133. The molecular weight excluding hydrogens is 262 g/mol. The number of nitrogens with zero attached hydrogens (tertiary/aromatic N) is 2. The molecule has 1 unspecified atom stereocenters. The minimum absolute atomic E-state index is 0.289. The summed E-state index contributed by atoms with van der Waals surface area (Å²) in [6.45, 7) is 1.53. The molecule has 0 radical (unpaired) electrons. The van der Waals surface area contributed by atoms with Crippen molar-refractivity contribution in [1.82, 2.24) is 9.61 Å². The Hall–Kier alpha value is -2.27. The summed E-state index contributed by atoms with van der Waals surface area (Å²) in [7, 11) is 0. The van der Waals surface area contributed by atoms with Crippen LogP contribution in [0, 0.1) is 18.6 Å².